The van der Waals surface area contributed by atoms with Gasteiger partial charge in [0, 0.05) is 95.6 Å². The number of hydrogen-bond acceptors (Lipinski definition) is 23. The number of pyridine rings is 5. The lowest BCUT2D eigenvalue weighted by atomic mass is 9.64. The number of aromatic nitrogens is 7. The molecule has 28 heteroatoms. The molecule has 2 aromatic carbocycles. The van der Waals surface area contributed by atoms with E-state index in [-0.39, 0.29) is 6.42 Å². The quantitative estimate of drug-likeness (QED) is 0.0181. The van der Waals surface area contributed by atoms with Crippen molar-refractivity contribution < 1.29 is 49.1 Å². The Bertz CT molecular complexity index is 4860. The molecule has 13 rings (SSSR count). The van der Waals surface area contributed by atoms with Crippen LogP contribution in [-0.2, 0) is 46.6 Å². The second-order valence-corrected chi connectivity index (χ2v) is 35.6. The fraction of sp³-hybridized carbons (Fsp3) is 0.500. The van der Waals surface area contributed by atoms with E-state index in [2.05, 4.69) is 167 Å². The molecule has 0 bridgehead atoms. The average molecular weight is 1690 g/mol. The van der Waals surface area contributed by atoms with Crippen LogP contribution in [0.1, 0.15) is 207 Å². The van der Waals surface area contributed by atoms with Gasteiger partial charge >= 0.3 is 29.9 Å². The molecule has 1 aliphatic heterocycles. The predicted molar refractivity (Wildman–Crippen MR) is 481 cm³/mol. The van der Waals surface area contributed by atoms with Crippen molar-refractivity contribution in [2.24, 2.45) is 35.5 Å². The summed E-state index contributed by atoms with van der Waals surface area (Å²) in [6.07, 6.45) is 22.6. The first-order chi connectivity index (χ1) is 58.3. The molecule has 6 aromatic heterocycles. The van der Waals surface area contributed by atoms with E-state index in [0.717, 1.165) is 159 Å². The number of nitriles is 2. The van der Waals surface area contributed by atoms with Crippen molar-refractivity contribution in [1.29, 1.82) is 10.5 Å². The van der Waals surface area contributed by atoms with Crippen molar-refractivity contribution in [3.63, 3.8) is 0 Å². The summed E-state index contributed by atoms with van der Waals surface area (Å²) in [6.45, 7) is 35.4. The highest BCUT2D eigenvalue weighted by atomic mass is 35.5. The van der Waals surface area contributed by atoms with E-state index in [0.29, 0.717) is 132 Å². The summed E-state index contributed by atoms with van der Waals surface area (Å²) in [6, 6.07) is 31.5. The molecule has 0 amide bonds. The Morgan fingerprint density at radius 1 is 0.500 bits per heavy atom. The van der Waals surface area contributed by atoms with E-state index in [1.54, 1.807) is 67.5 Å². The van der Waals surface area contributed by atoms with Crippen LogP contribution < -0.4 is 45.6 Å². The third kappa shape index (κ3) is 24.5. The molecular formula is C94H122ClN17O10. The predicted octanol–water partition coefficient (Wildman–Crippen LogP) is 18.9. The fourth-order valence-corrected chi connectivity index (χ4v) is 16.0. The van der Waals surface area contributed by atoms with Crippen molar-refractivity contribution in [1.82, 2.24) is 34.9 Å². The number of halogens is 1. The van der Waals surface area contributed by atoms with Crippen molar-refractivity contribution >= 4 is 104 Å². The van der Waals surface area contributed by atoms with Crippen LogP contribution in [0.4, 0.5) is 68.9 Å². The number of ether oxygens (including phenoxy) is 2. The van der Waals surface area contributed by atoms with Crippen molar-refractivity contribution in [3.05, 3.63) is 167 Å². The lowest BCUT2D eigenvalue weighted by Gasteiger charge is -2.39. The number of rotatable bonds is 36. The number of carboxylic acid groups (broad SMARTS) is 4. The van der Waals surface area contributed by atoms with Gasteiger partial charge in [0.1, 0.15) is 29.6 Å². The van der Waals surface area contributed by atoms with Crippen molar-refractivity contribution in [3.8, 4) is 18.1 Å². The van der Waals surface area contributed by atoms with Crippen LogP contribution in [0.5, 0.6) is 6.01 Å². The second-order valence-electron chi connectivity index (χ2n) is 35.2. The van der Waals surface area contributed by atoms with Gasteiger partial charge in [0.05, 0.1) is 97.6 Å². The third-order valence-corrected chi connectivity index (χ3v) is 22.9. The SMILES string of the molecule is CC(C)CN(CC(C)C)c1ncc(C2(C(=O)O)CCC2)cc1Nc1ccc(C#N)cn1.CC(C)CN(CC(C)C)c1ncc(C2(C(=O)O)CCC2)cc1Nc1ccc(Cl)cn1.CC(C)N(CC1CC1)c1ccc(C2(C(=O)O)CCC2)cc1Nc1ccc(C#N)cn1.CCOc1ncc(Nc2cc(CC(=O)O)ccc2N(CC(C)C)C2CCOCC2)cn1. The third-order valence-electron chi connectivity index (χ3n) is 22.7. The molecule has 0 radical (unpaired) electrons. The minimum atomic E-state index is -0.860. The largest absolute Gasteiger partial charge is 0.481 e. The van der Waals surface area contributed by atoms with E-state index in [1.165, 1.54) is 19.0 Å². The fourth-order valence-electron chi connectivity index (χ4n) is 15.9. The number of benzene rings is 2. The number of carbonyl (C=O) groups is 4. The maximum absolute atomic E-state index is 12.1. The molecule has 1 saturated heterocycles. The summed E-state index contributed by atoms with van der Waals surface area (Å²) in [5.41, 5.74) is 7.61. The molecule has 5 fully saturated rings. The lowest BCUT2D eigenvalue weighted by molar-refractivity contribution is -0.148. The van der Waals surface area contributed by atoms with Crippen LogP contribution in [0.2, 0.25) is 5.02 Å². The molecule has 27 nitrogen and oxygen atoms in total. The Morgan fingerprint density at radius 3 is 1.32 bits per heavy atom. The topological polar surface area (TPSA) is 367 Å². The van der Waals surface area contributed by atoms with Gasteiger partial charge in [-0.3, -0.25) is 19.2 Å². The Hall–Kier alpha value is -11.4. The first-order valence-electron chi connectivity index (χ1n) is 43.0. The summed E-state index contributed by atoms with van der Waals surface area (Å²) < 4.78 is 10.9. The summed E-state index contributed by atoms with van der Waals surface area (Å²) >= 11 is 5.98. The number of nitrogens with one attached hydrogen (secondary N) is 4. The van der Waals surface area contributed by atoms with E-state index >= 15 is 0 Å². The van der Waals surface area contributed by atoms with Crippen LogP contribution in [0, 0.1) is 58.2 Å². The van der Waals surface area contributed by atoms with Gasteiger partial charge in [0.2, 0.25) is 0 Å². The van der Waals surface area contributed by atoms with Crippen LogP contribution in [0.15, 0.2) is 128 Å². The molecule has 4 aliphatic carbocycles. The van der Waals surface area contributed by atoms with Crippen molar-refractivity contribution in [2.45, 2.75) is 208 Å². The number of aliphatic carboxylic acids is 4. The van der Waals surface area contributed by atoms with Gasteiger partial charge in [0.25, 0.3) is 0 Å². The molecular weight excluding hydrogens is 1560 g/mol. The van der Waals surface area contributed by atoms with Gasteiger partial charge in [-0.15, -0.1) is 0 Å². The maximum atomic E-state index is 12.1. The highest BCUT2D eigenvalue weighted by Gasteiger charge is 2.49. The van der Waals surface area contributed by atoms with Gasteiger partial charge in [-0.2, -0.15) is 10.5 Å². The molecule has 0 unspecified atom stereocenters. The molecule has 122 heavy (non-hydrogen) atoms. The highest BCUT2D eigenvalue weighted by molar-refractivity contribution is 6.30. The Balaban J connectivity index is 0.000000171. The molecule has 7 heterocycles. The minimum absolute atomic E-state index is 0.0316. The molecule has 4 saturated carbocycles. The van der Waals surface area contributed by atoms with Crippen LogP contribution in [-0.4, -0.2) is 150 Å². The average Bonchev–Trinajstić information content (AvgIpc) is 0.961. The summed E-state index contributed by atoms with van der Waals surface area (Å²) in [5, 5.41) is 71.0. The van der Waals surface area contributed by atoms with Gasteiger partial charge in [-0.25, -0.2) is 34.9 Å². The van der Waals surface area contributed by atoms with Crippen LogP contribution in [0.25, 0.3) is 0 Å². The number of hydrogen-bond donors (Lipinski definition) is 8. The highest BCUT2D eigenvalue weighted by Crippen LogP contribution is 2.50. The molecule has 8 aromatic rings. The van der Waals surface area contributed by atoms with Gasteiger partial charge < -0.3 is 70.8 Å². The van der Waals surface area contributed by atoms with E-state index in [9.17, 15) is 39.6 Å². The lowest BCUT2D eigenvalue weighted by Crippen LogP contribution is -2.42. The molecule has 650 valence electrons. The van der Waals surface area contributed by atoms with Gasteiger partial charge in [-0.05, 0) is 216 Å². The zero-order chi connectivity index (χ0) is 88.0. The first-order valence-corrected chi connectivity index (χ1v) is 43.4. The van der Waals surface area contributed by atoms with E-state index in [4.69, 9.17) is 41.6 Å². The smallest absolute Gasteiger partial charge is 0.316 e. The number of anilines is 12. The van der Waals surface area contributed by atoms with Gasteiger partial charge in [-0.1, -0.05) is 112 Å². The van der Waals surface area contributed by atoms with E-state index < -0.39 is 40.1 Å². The number of carboxylic acids is 4. The molecule has 0 spiro atoms. The summed E-state index contributed by atoms with van der Waals surface area (Å²) in [4.78, 5) is 87.8. The monoisotopic (exact) mass is 1680 g/mol. The second kappa shape index (κ2) is 42.9. The zero-order valence-electron chi connectivity index (χ0n) is 72.9. The molecule has 5 aliphatic rings. The standard InChI is InChI=1S/C24H31N5O2.C24H28N4O2.C23H31ClN4O2.C23H32N4O4/c1-16(2)14-29(15-17(3)4)22-20(28-21-7-6-18(11-25)12-26-21)10-19(13-27-22)24(23(30)31)8-5-9-24;1-16(2)28(15-17-4-5-17)21-8-7-19(24(23(29)30)10-3-11-24)12-20(21)27-22-9-6-18(13-25)14-26-22;1-15(2)13-28(14-16(3)4)21-19(27-20-7-6-18(24)12-25-20)10-17(11-26-21)23(22(29)30)8-5-9-23;1-4-31-23-24-13-18(14-25-23)26-20-11-17(12-22(28)29)5-6-21(20)27(15-16(2)3)19-7-9-30-10-8-19/h6-7,10,12-13,16-17H,5,8-9,14-15H2,1-4H3,(H,26,28)(H,30,31);6-9,12,14,16-17H,3-5,10-11,15H2,1-2H3,(H,26,27)(H,29,30);6-7,10-12,15-16H,5,8-9,13-14H2,1-4H3,(H,25,27)(H,29,30);5-6,11,13-14,16,19,26H,4,7-10,12,15H2,1-3H3,(H,28,29). The Kier molecular flexibility index (Phi) is 32.6. The van der Waals surface area contributed by atoms with Crippen LogP contribution in [0.3, 0.4) is 0 Å². The molecule has 8 N–H and O–H groups in total. The van der Waals surface area contributed by atoms with Gasteiger partial charge in [0.15, 0.2) is 11.6 Å². The molecule has 0 atom stereocenters. The summed E-state index contributed by atoms with van der Waals surface area (Å²) in [7, 11) is 0. The Morgan fingerprint density at radius 2 is 0.934 bits per heavy atom. The Labute approximate surface area is 723 Å². The van der Waals surface area contributed by atoms with Crippen molar-refractivity contribution in [2.75, 3.05) is 100.0 Å². The minimum Gasteiger partial charge on any atom is -0.481 e. The van der Waals surface area contributed by atoms with E-state index in [1.807, 2.05) is 55.5 Å². The van der Waals surface area contributed by atoms with Crippen LogP contribution >= 0.6 is 11.6 Å². The summed E-state index contributed by atoms with van der Waals surface area (Å²) in [5.74, 6) is 3.32. The number of nitrogens with zero attached hydrogens (tertiary/aromatic N) is 13. The normalized spacial score (nSPS) is 15.4. The zero-order valence-corrected chi connectivity index (χ0v) is 73.7. The maximum Gasteiger partial charge on any atom is 0.316 e. The first kappa shape index (κ1) is 92.9.